The van der Waals surface area contributed by atoms with Gasteiger partial charge in [0.1, 0.15) is 0 Å². The minimum Gasteiger partial charge on any atom is -0.398 e. The molecule has 16 heavy (non-hydrogen) atoms. The Morgan fingerprint density at radius 1 is 1.25 bits per heavy atom. The molecule has 0 radical (unpaired) electrons. The average Bonchev–Trinajstić information content (AvgIpc) is 2.33. The second-order valence-electron chi connectivity index (χ2n) is 4.60. The molecule has 0 spiro atoms. The summed E-state index contributed by atoms with van der Waals surface area (Å²) >= 11 is 0. The molecule has 1 fully saturated rings. The monoisotopic (exact) mass is 220 g/mol. The highest BCUT2D eigenvalue weighted by atomic mass is 16.3. The minimum atomic E-state index is 0.335. The Balaban J connectivity index is 1.89. The van der Waals surface area contributed by atoms with Gasteiger partial charge in [-0.3, -0.25) is 4.90 Å². The van der Waals surface area contributed by atoms with Crippen molar-refractivity contribution in [2.45, 2.75) is 19.4 Å². The SMILES string of the molecule is Nc1ccccc1CN1CCC(CO)CC1. The van der Waals surface area contributed by atoms with E-state index in [0.29, 0.717) is 12.5 Å². The fourth-order valence-corrected chi connectivity index (χ4v) is 2.25. The first kappa shape index (κ1) is 11.4. The van der Waals surface area contributed by atoms with Crippen molar-refractivity contribution in [2.24, 2.45) is 5.92 Å². The summed E-state index contributed by atoms with van der Waals surface area (Å²) in [4.78, 5) is 2.41. The number of aliphatic hydroxyl groups excluding tert-OH is 1. The molecule has 0 aromatic heterocycles. The zero-order chi connectivity index (χ0) is 11.4. The number of anilines is 1. The standard InChI is InChI=1S/C13H20N2O/c14-13-4-2-1-3-12(13)9-15-7-5-11(10-16)6-8-15/h1-4,11,16H,5-10,14H2. The number of hydrogen-bond donors (Lipinski definition) is 2. The zero-order valence-corrected chi connectivity index (χ0v) is 9.60. The van der Waals surface area contributed by atoms with Crippen molar-refractivity contribution in [1.29, 1.82) is 0 Å². The van der Waals surface area contributed by atoms with E-state index in [0.717, 1.165) is 38.2 Å². The molecule has 3 heteroatoms. The van der Waals surface area contributed by atoms with Crippen molar-refractivity contribution in [3.63, 3.8) is 0 Å². The van der Waals surface area contributed by atoms with Gasteiger partial charge < -0.3 is 10.8 Å². The number of benzene rings is 1. The highest BCUT2D eigenvalue weighted by molar-refractivity contribution is 5.46. The third-order valence-corrected chi connectivity index (χ3v) is 3.41. The lowest BCUT2D eigenvalue weighted by molar-refractivity contribution is 0.127. The van der Waals surface area contributed by atoms with Crippen LogP contribution in [-0.2, 0) is 6.54 Å². The van der Waals surface area contributed by atoms with Crippen LogP contribution in [0, 0.1) is 5.92 Å². The largest absolute Gasteiger partial charge is 0.398 e. The van der Waals surface area contributed by atoms with Gasteiger partial charge in [-0.1, -0.05) is 18.2 Å². The van der Waals surface area contributed by atoms with Gasteiger partial charge in [-0.2, -0.15) is 0 Å². The molecule has 1 aromatic rings. The molecule has 3 N–H and O–H groups in total. The molecule has 0 amide bonds. The van der Waals surface area contributed by atoms with Crippen LogP contribution < -0.4 is 5.73 Å². The van der Waals surface area contributed by atoms with Gasteiger partial charge in [0.05, 0.1) is 0 Å². The van der Waals surface area contributed by atoms with Crippen LogP contribution in [0.3, 0.4) is 0 Å². The van der Waals surface area contributed by atoms with Gasteiger partial charge in [0.25, 0.3) is 0 Å². The van der Waals surface area contributed by atoms with E-state index in [1.807, 2.05) is 18.2 Å². The molecule has 3 nitrogen and oxygen atoms in total. The first-order chi connectivity index (χ1) is 7.79. The van der Waals surface area contributed by atoms with E-state index in [9.17, 15) is 0 Å². The van der Waals surface area contributed by atoms with E-state index in [1.54, 1.807) is 0 Å². The van der Waals surface area contributed by atoms with Gasteiger partial charge in [0, 0.05) is 18.8 Å². The Hall–Kier alpha value is -1.06. The van der Waals surface area contributed by atoms with Gasteiger partial charge in [0.15, 0.2) is 0 Å². The van der Waals surface area contributed by atoms with Crippen molar-refractivity contribution in [3.05, 3.63) is 29.8 Å². The summed E-state index contributed by atoms with van der Waals surface area (Å²) < 4.78 is 0. The summed E-state index contributed by atoms with van der Waals surface area (Å²) in [5, 5.41) is 9.07. The number of likely N-dealkylation sites (tertiary alicyclic amines) is 1. The normalized spacial score (nSPS) is 18.8. The van der Waals surface area contributed by atoms with Crippen LogP contribution in [0.25, 0.3) is 0 Å². The van der Waals surface area contributed by atoms with Crippen LogP contribution in [0.15, 0.2) is 24.3 Å². The third-order valence-electron chi connectivity index (χ3n) is 3.41. The fraction of sp³-hybridized carbons (Fsp3) is 0.538. The predicted octanol–water partition coefficient (Wildman–Crippen LogP) is 1.47. The number of piperidine rings is 1. The molecule has 88 valence electrons. The summed E-state index contributed by atoms with van der Waals surface area (Å²) in [6, 6.07) is 8.05. The van der Waals surface area contributed by atoms with Gasteiger partial charge >= 0.3 is 0 Å². The van der Waals surface area contributed by atoms with E-state index in [1.165, 1.54) is 5.56 Å². The van der Waals surface area contributed by atoms with E-state index in [4.69, 9.17) is 10.8 Å². The summed E-state index contributed by atoms with van der Waals surface area (Å²) in [7, 11) is 0. The molecule has 0 atom stereocenters. The Labute approximate surface area is 96.9 Å². The smallest absolute Gasteiger partial charge is 0.0460 e. The van der Waals surface area contributed by atoms with Crippen molar-refractivity contribution in [1.82, 2.24) is 4.90 Å². The molecule has 1 aliphatic rings. The molecular formula is C13H20N2O. The molecule has 0 bridgehead atoms. The molecule has 1 aliphatic heterocycles. The van der Waals surface area contributed by atoms with Crippen molar-refractivity contribution in [3.8, 4) is 0 Å². The van der Waals surface area contributed by atoms with Crippen LogP contribution in [0.2, 0.25) is 0 Å². The topological polar surface area (TPSA) is 49.5 Å². The molecule has 0 aliphatic carbocycles. The molecular weight excluding hydrogens is 200 g/mol. The summed E-state index contributed by atoms with van der Waals surface area (Å²) in [5.74, 6) is 0.504. The van der Waals surface area contributed by atoms with Gasteiger partial charge in [0.2, 0.25) is 0 Å². The van der Waals surface area contributed by atoms with Gasteiger partial charge in [-0.15, -0.1) is 0 Å². The van der Waals surface area contributed by atoms with Crippen LogP contribution in [0.1, 0.15) is 18.4 Å². The highest BCUT2D eigenvalue weighted by Crippen LogP contribution is 2.20. The predicted molar refractivity (Wildman–Crippen MR) is 65.9 cm³/mol. The molecule has 0 saturated carbocycles. The van der Waals surface area contributed by atoms with Crippen LogP contribution in [0.4, 0.5) is 5.69 Å². The Morgan fingerprint density at radius 2 is 1.94 bits per heavy atom. The molecule has 1 heterocycles. The van der Waals surface area contributed by atoms with Crippen LogP contribution in [0.5, 0.6) is 0 Å². The quantitative estimate of drug-likeness (QED) is 0.758. The molecule has 2 rings (SSSR count). The average molecular weight is 220 g/mol. The van der Waals surface area contributed by atoms with Gasteiger partial charge in [-0.05, 0) is 43.5 Å². The first-order valence-electron chi connectivity index (χ1n) is 5.96. The zero-order valence-electron chi connectivity index (χ0n) is 9.60. The van der Waals surface area contributed by atoms with Crippen molar-refractivity contribution >= 4 is 5.69 Å². The number of hydrogen-bond acceptors (Lipinski definition) is 3. The maximum absolute atomic E-state index is 9.07. The lowest BCUT2D eigenvalue weighted by Gasteiger charge is -2.31. The second-order valence-corrected chi connectivity index (χ2v) is 4.60. The van der Waals surface area contributed by atoms with E-state index < -0.39 is 0 Å². The number of nitrogens with two attached hydrogens (primary N) is 1. The second kappa shape index (κ2) is 5.32. The van der Waals surface area contributed by atoms with Crippen molar-refractivity contribution in [2.75, 3.05) is 25.4 Å². The maximum atomic E-state index is 9.07. The Bertz CT molecular complexity index is 332. The first-order valence-corrected chi connectivity index (χ1v) is 5.96. The molecule has 1 saturated heterocycles. The number of nitrogen functional groups attached to an aromatic ring is 1. The summed E-state index contributed by atoms with van der Waals surface area (Å²) in [6.07, 6.45) is 2.20. The Morgan fingerprint density at radius 3 is 2.56 bits per heavy atom. The fourth-order valence-electron chi connectivity index (χ4n) is 2.25. The van der Waals surface area contributed by atoms with Crippen LogP contribution in [-0.4, -0.2) is 29.7 Å². The van der Waals surface area contributed by atoms with Gasteiger partial charge in [-0.25, -0.2) is 0 Å². The summed E-state index contributed by atoms with van der Waals surface area (Å²) in [6.45, 7) is 3.41. The Kier molecular flexibility index (Phi) is 3.80. The molecule has 1 aromatic carbocycles. The number of rotatable bonds is 3. The summed E-state index contributed by atoms with van der Waals surface area (Å²) in [5.41, 5.74) is 8.02. The third kappa shape index (κ3) is 2.74. The van der Waals surface area contributed by atoms with E-state index >= 15 is 0 Å². The highest BCUT2D eigenvalue weighted by Gasteiger charge is 2.18. The number of nitrogens with zero attached hydrogens (tertiary/aromatic N) is 1. The maximum Gasteiger partial charge on any atom is 0.0460 e. The lowest BCUT2D eigenvalue weighted by Crippen LogP contribution is -2.34. The van der Waals surface area contributed by atoms with Crippen molar-refractivity contribution < 1.29 is 5.11 Å². The minimum absolute atomic E-state index is 0.335. The molecule has 0 unspecified atom stereocenters. The van der Waals surface area contributed by atoms with E-state index in [2.05, 4.69) is 11.0 Å². The number of para-hydroxylation sites is 1. The lowest BCUT2D eigenvalue weighted by atomic mass is 9.97. The van der Waals surface area contributed by atoms with Crippen LogP contribution >= 0.6 is 0 Å². The van der Waals surface area contributed by atoms with E-state index in [-0.39, 0.29) is 0 Å². The number of aliphatic hydroxyl groups is 1.